The maximum atomic E-state index is 13.2. The number of benzene rings is 2. The molecule has 7 heteroatoms. The lowest BCUT2D eigenvalue weighted by Crippen LogP contribution is -2.53. The van der Waals surface area contributed by atoms with Crippen LogP contribution in [0.1, 0.15) is 26.3 Å². The number of fused-ring (bicyclic) bond motifs is 1. The van der Waals surface area contributed by atoms with Crippen LogP contribution in [0.25, 0.3) is 0 Å². The van der Waals surface area contributed by atoms with Crippen LogP contribution in [0.3, 0.4) is 0 Å². The molecule has 6 nitrogen and oxygen atoms in total. The monoisotopic (exact) mass is 402 g/mol. The molecule has 1 aliphatic rings. The number of carbonyl (C=O) groups excluding carboxylic acids is 1. The summed E-state index contributed by atoms with van der Waals surface area (Å²) in [7, 11) is -3.69. The fourth-order valence-electron chi connectivity index (χ4n) is 2.95. The van der Waals surface area contributed by atoms with E-state index in [0.717, 1.165) is 0 Å². The lowest BCUT2D eigenvalue weighted by molar-refractivity contribution is -0.128. The molecule has 2 aromatic rings. The van der Waals surface area contributed by atoms with Gasteiger partial charge in [0.15, 0.2) is 6.10 Å². The molecule has 0 bridgehead atoms. The van der Waals surface area contributed by atoms with E-state index in [-0.39, 0.29) is 30.2 Å². The Labute approximate surface area is 166 Å². The Balaban J connectivity index is 1.88. The van der Waals surface area contributed by atoms with Crippen LogP contribution >= 0.6 is 0 Å². The molecule has 3 rings (SSSR count). The number of nitrogens with zero attached hydrogens (tertiary/aromatic N) is 1. The molecule has 0 aromatic heterocycles. The molecule has 1 heterocycles. The largest absolute Gasteiger partial charge is 0.476 e. The number of hydrogen-bond acceptors (Lipinski definition) is 4. The van der Waals surface area contributed by atoms with E-state index >= 15 is 0 Å². The van der Waals surface area contributed by atoms with E-state index in [1.54, 1.807) is 36.4 Å². The molecular weight excluding hydrogens is 376 g/mol. The van der Waals surface area contributed by atoms with Crippen LogP contribution in [-0.2, 0) is 20.6 Å². The summed E-state index contributed by atoms with van der Waals surface area (Å²) in [4.78, 5) is 12.7. The van der Waals surface area contributed by atoms with Gasteiger partial charge in [-0.2, -0.15) is 0 Å². The van der Waals surface area contributed by atoms with Gasteiger partial charge in [-0.05, 0) is 30.5 Å². The summed E-state index contributed by atoms with van der Waals surface area (Å²) >= 11 is 0. The fourth-order valence-corrected chi connectivity index (χ4v) is 4.53. The van der Waals surface area contributed by atoms with Gasteiger partial charge in [-0.15, -0.1) is 0 Å². The van der Waals surface area contributed by atoms with Crippen molar-refractivity contribution in [3.05, 3.63) is 60.2 Å². The minimum absolute atomic E-state index is 0.0392. The van der Waals surface area contributed by atoms with Crippen molar-refractivity contribution in [1.82, 2.24) is 5.32 Å². The Hall–Kier alpha value is -2.54. The van der Waals surface area contributed by atoms with Crippen molar-refractivity contribution >= 4 is 21.6 Å². The molecule has 0 saturated heterocycles. The third-order valence-electron chi connectivity index (χ3n) is 4.92. The number of ether oxygens (including phenoxy) is 1. The second-order valence-corrected chi connectivity index (χ2v) is 9.28. The zero-order valence-electron chi connectivity index (χ0n) is 16.3. The van der Waals surface area contributed by atoms with Gasteiger partial charge in [0.1, 0.15) is 5.75 Å². The van der Waals surface area contributed by atoms with Crippen LogP contribution < -0.4 is 14.4 Å². The molecular formula is C21H26N2O4S. The van der Waals surface area contributed by atoms with E-state index in [1.807, 2.05) is 39.0 Å². The van der Waals surface area contributed by atoms with Gasteiger partial charge >= 0.3 is 0 Å². The predicted molar refractivity (Wildman–Crippen MR) is 110 cm³/mol. The highest BCUT2D eigenvalue weighted by Crippen LogP contribution is 2.35. The molecule has 0 fully saturated rings. The molecule has 1 aliphatic heterocycles. The Morgan fingerprint density at radius 2 is 1.75 bits per heavy atom. The van der Waals surface area contributed by atoms with E-state index in [0.29, 0.717) is 17.0 Å². The maximum Gasteiger partial charge on any atom is 0.263 e. The smallest absolute Gasteiger partial charge is 0.263 e. The second-order valence-electron chi connectivity index (χ2n) is 7.39. The van der Waals surface area contributed by atoms with Crippen molar-refractivity contribution < 1.29 is 17.9 Å². The van der Waals surface area contributed by atoms with Gasteiger partial charge in [0.2, 0.25) is 10.0 Å². The molecule has 28 heavy (non-hydrogen) atoms. The summed E-state index contributed by atoms with van der Waals surface area (Å²) in [6.45, 7) is 5.89. The van der Waals surface area contributed by atoms with E-state index in [1.165, 1.54) is 4.31 Å². The first-order valence-electron chi connectivity index (χ1n) is 9.38. The zero-order valence-corrected chi connectivity index (χ0v) is 17.1. The lowest BCUT2D eigenvalue weighted by Gasteiger charge is -2.35. The van der Waals surface area contributed by atoms with Crippen LogP contribution in [0.15, 0.2) is 54.6 Å². The number of anilines is 1. The van der Waals surface area contributed by atoms with Crippen molar-refractivity contribution in [2.45, 2.75) is 38.7 Å². The number of nitrogens with one attached hydrogen (secondary N) is 1. The zero-order chi connectivity index (χ0) is 20.3. The Morgan fingerprint density at radius 1 is 1.11 bits per heavy atom. The molecule has 0 saturated carbocycles. The van der Waals surface area contributed by atoms with Gasteiger partial charge in [0, 0.05) is 6.04 Å². The third kappa shape index (κ3) is 4.47. The Morgan fingerprint density at radius 3 is 2.43 bits per heavy atom. The molecule has 0 spiro atoms. The highest BCUT2D eigenvalue weighted by molar-refractivity contribution is 7.92. The predicted octanol–water partition coefficient (Wildman–Crippen LogP) is 2.94. The highest BCUT2D eigenvalue weighted by Gasteiger charge is 2.37. The molecule has 2 atom stereocenters. The summed E-state index contributed by atoms with van der Waals surface area (Å²) in [5.41, 5.74) is 1.15. The first-order valence-corrected chi connectivity index (χ1v) is 11.0. The minimum atomic E-state index is -3.69. The van der Waals surface area contributed by atoms with Crippen LogP contribution in [0, 0.1) is 5.92 Å². The lowest BCUT2D eigenvalue weighted by atomic mass is 10.1. The van der Waals surface area contributed by atoms with Crippen LogP contribution in [0.5, 0.6) is 5.75 Å². The second kappa shape index (κ2) is 8.22. The minimum Gasteiger partial charge on any atom is -0.476 e. The SMILES string of the molecule is CC(C)C(C)NC(=O)C1CN(S(=O)(=O)Cc2ccccc2)c2ccccc2O1. The van der Waals surface area contributed by atoms with Crippen molar-refractivity contribution in [3.63, 3.8) is 0 Å². The summed E-state index contributed by atoms with van der Waals surface area (Å²) in [6, 6.07) is 15.9. The van der Waals surface area contributed by atoms with Crippen molar-refractivity contribution in [2.24, 2.45) is 5.92 Å². The molecule has 0 aliphatic carbocycles. The quantitative estimate of drug-likeness (QED) is 0.806. The number of hydrogen-bond donors (Lipinski definition) is 1. The molecule has 150 valence electrons. The van der Waals surface area contributed by atoms with E-state index in [4.69, 9.17) is 4.74 Å². The molecule has 1 N–H and O–H groups in total. The number of rotatable bonds is 6. The number of carbonyl (C=O) groups is 1. The Bertz CT molecular complexity index is 928. The molecule has 2 aromatic carbocycles. The maximum absolute atomic E-state index is 13.2. The topological polar surface area (TPSA) is 75.7 Å². The number of sulfonamides is 1. The van der Waals surface area contributed by atoms with E-state index in [2.05, 4.69) is 5.32 Å². The fraction of sp³-hybridized carbons (Fsp3) is 0.381. The molecule has 1 amide bonds. The third-order valence-corrected chi connectivity index (χ3v) is 6.64. The van der Waals surface area contributed by atoms with E-state index in [9.17, 15) is 13.2 Å². The number of para-hydroxylation sites is 2. The van der Waals surface area contributed by atoms with Gasteiger partial charge in [-0.25, -0.2) is 8.42 Å². The van der Waals surface area contributed by atoms with E-state index < -0.39 is 16.1 Å². The molecule has 0 radical (unpaired) electrons. The van der Waals surface area contributed by atoms with Crippen LogP contribution in [-0.4, -0.2) is 33.0 Å². The summed E-state index contributed by atoms with van der Waals surface area (Å²) in [5.74, 6) is 0.204. The van der Waals surface area contributed by atoms with Gasteiger partial charge in [0.25, 0.3) is 5.91 Å². The van der Waals surface area contributed by atoms with Crippen LogP contribution in [0.4, 0.5) is 5.69 Å². The summed E-state index contributed by atoms with van der Waals surface area (Å²) in [6.07, 6.45) is -0.901. The number of amides is 1. The van der Waals surface area contributed by atoms with Crippen molar-refractivity contribution in [2.75, 3.05) is 10.8 Å². The summed E-state index contributed by atoms with van der Waals surface area (Å²) < 4.78 is 33.4. The normalized spacial score (nSPS) is 17.6. The van der Waals surface area contributed by atoms with Crippen molar-refractivity contribution in [3.8, 4) is 5.75 Å². The molecule has 2 unspecified atom stereocenters. The first-order chi connectivity index (χ1) is 13.3. The van der Waals surface area contributed by atoms with Crippen LogP contribution in [0.2, 0.25) is 0 Å². The Kier molecular flexibility index (Phi) is 5.93. The van der Waals surface area contributed by atoms with Gasteiger partial charge in [-0.1, -0.05) is 56.3 Å². The standard InChI is InChI=1S/C21H26N2O4S/c1-15(2)16(3)22-21(24)20-13-23(18-11-7-8-12-19(18)27-20)28(25,26)14-17-9-5-4-6-10-17/h4-12,15-16,20H,13-14H2,1-3H3,(H,22,24). The summed E-state index contributed by atoms with van der Waals surface area (Å²) in [5, 5.41) is 2.92. The van der Waals surface area contributed by atoms with Gasteiger partial charge in [-0.3, -0.25) is 9.10 Å². The van der Waals surface area contributed by atoms with Crippen molar-refractivity contribution in [1.29, 1.82) is 0 Å². The first kappa shape index (κ1) is 20.2. The average Bonchev–Trinajstić information content (AvgIpc) is 2.67. The van der Waals surface area contributed by atoms with Gasteiger partial charge < -0.3 is 10.1 Å². The average molecular weight is 403 g/mol. The van der Waals surface area contributed by atoms with Gasteiger partial charge in [0.05, 0.1) is 18.0 Å². The highest BCUT2D eigenvalue weighted by atomic mass is 32.2.